The Bertz CT molecular complexity index is 392. The van der Waals surface area contributed by atoms with E-state index in [9.17, 15) is 26.3 Å². The van der Waals surface area contributed by atoms with Gasteiger partial charge in [-0.1, -0.05) is 26.2 Å². The summed E-state index contributed by atoms with van der Waals surface area (Å²) in [7, 11) is -2.14. The van der Waals surface area contributed by atoms with E-state index < -0.39 is 59.6 Å². The summed E-state index contributed by atoms with van der Waals surface area (Å²) in [4.78, 5) is 0. The van der Waals surface area contributed by atoms with Crippen LogP contribution >= 0.6 is 0 Å². The van der Waals surface area contributed by atoms with Gasteiger partial charge in [-0.3, -0.25) is 0 Å². The van der Waals surface area contributed by atoms with E-state index in [1.807, 2.05) is 6.92 Å². The van der Waals surface area contributed by atoms with Crippen molar-refractivity contribution >= 4 is 17.1 Å². The lowest BCUT2D eigenvalue weighted by atomic mass is 10.2. The largest absolute Gasteiger partial charge is 0.397 e. The Morgan fingerprint density at radius 3 is 1.29 bits per heavy atom. The van der Waals surface area contributed by atoms with E-state index >= 15 is 0 Å². The predicted molar refractivity (Wildman–Crippen MR) is 98.4 cm³/mol. The maximum absolute atomic E-state index is 12.9. The van der Waals surface area contributed by atoms with E-state index in [1.165, 1.54) is 28.4 Å². The van der Waals surface area contributed by atoms with Crippen molar-refractivity contribution in [1.82, 2.24) is 0 Å². The monoisotopic (exact) mass is 458 g/mol. The van der Waals surface area contributed by atoms with Crippen LogP contribution in [0.5, 0.6) is 0 Å². The first kappa shape index (κ1) is 27.9. The second-order valence-electron chi connectivity index (χ2n) is 6.72. The molecular weight excluding hydrogens is 426 g/mol. The van der Waals surface area contributed by atoms with Crippen LogP contribution in [-0.2, 0) is 17.7 Å². The smallest absolute Gasteiger partial charge is 0.389 e. The molecule has 0 aliphatic carbocycles. The zero-order valence-corrected chi connectivity index (χ0v) is 19.1. The molecule has 0 saturated heterocycles. The standard InChI is InChI=1S/C16H32F6O4Si2/c1-6-7-8-9-14(27(23-2,24-3)12-10-15(17,18)19)28(25-4,26-5)13-11-16(20,21)22/h14H,6-13H2,1-5H3. The summed E-state index contributed by atoms with van der Waals surface area (Å²) < 4.78 is 99.5. The molecule has 170 valence electrons. The first-order valence-corrected chi connectivity index (χ1v) is 13.4. The van der Waals surface area contributed by atoms with Crippen LogP contribution in [0, 0.1) is 0 Å². The molecule has 0 aromatic rings. The van der Waals surface area contributed by atoms with Gasteiger partial charge in [0, 0.05) is 46.4 Å². The second-order valence-corrected chi connectivity index (χ2v) is 14.6. The van der Waals surface area contributed by atoms with Crippen molar-refractivity contribution < 1.29 is 44.0 Å². The van der Waals surface area contributed by atoms with Gasteiger partial charge in [0.1, 0.15) is 0 Å². The fraction of sp³-hybridized carbons (Fsp3) is 1.00. The molecule has 0 aromatic heterocycles. The van der Waals surface area contributed by atoms with Gasteiger partial charge in [0.25, 0.3) is 0 Å². The highest BCUT2D eigenvalue weighted by atomic mass is 28.4. The van der Waals surface area contributed by atoms with Crippen LogP contribution in [0.2, 0.25) is 17.3 Å². The number of hydrogen-bond donors (Lipinski definition) is 0. The normalized spacial score (nSPS) is 14.1. The minimum absolute atomic E-state index is 0.339. The summed E-state index contributed by atoms with van der Waals surface area (Å²) in [5, 5.41) is -0.735. The Morgan fingerprint density at radius 2 is 1.04 bits per heavy atom. The van der Waals surface area contributed by atoms with Crippen molar-refractivity contribution in [3.63, 3.8) is 0 Å². The molecule has 0 aliphatic heterocycles. The summed E-state index contributed by atoms with van der Waals surface area (Å²) in [5.41, 5.74) is 0. The molecule has 0 atom stereocenters. The quantitative estimate of drug-likeness (QED) is 0.186. The highest BCUT2D eigenvalue weighted by Gasteiger charge is 2.60. The molecule has 0 heterocycles. The molecule has 0 unspecified atom stereocenters. The molecule has 0 saturated carbocycles. The molecule has 4 nitrogen and oxygen atoms in total. The zero-order valence-electron chi connectivity index (χ0n) is 17.1. The van der Waals surface area contributed by atoms with Gasteiger partial charge in [0.05, 0.1) is 0 Å². The Morgan fingerprint density at radius 1 is 0.679 bits per heavy atom. The second kappa shape index (κ2) is 11.9. The van der Waals surface area contributed by atoms with Crippen molar-refractivity contribution in [1.29, 1.82) is 0 Å². The van der Waals surface area contributed by atoms with Crippen molar-refractivity contribution in [3.8, 4) is 0 Å². The highest BCUT2D eigenvalue weighted by molar-refractivity contribution is 6.88. The molecule has 0 radical (unpaired) electrons. The lowest BCUT2D eigenvalue weighted by Gasteiger charge is -2.44. The molecule has 0 fully saturated rings. The van der Waals surface area contributed by atoms with E-state index in [1.54, 1.807) is 0 Å². The third-order valence-electron chi connectivity index (χ3n) is 5.05. The van der Waals surface area contributed by atoms with Crippen LogP contribution in [0.15, 0.2) is 0 Å². The van der Waals surface area contributed by atoms with Gasteiger partial charge in [-0.2, -0.15) is 26.3 Å². The van der Waals surface area contributed by atoms with Crippen LogP contribution in [0.4, 0.5) is 26.3 Å². The molecule has 0 amide bonds. The SMILES string of the molecule is CCCCCC([Si](CCC(F)(F)F)(OC)OC)[Si](CCC(F)(F)F)(OC)OC. The minimum atomic E-state index is -4.43. The molecule has 0 spiro atoms. The fourth-order valence-corrected chi connectivity index (χ4v) is 14.0. The van der Waals surface area contributed by atoms with Crippen molar-refractivity contribution in [2.45, 2.75) is 75.1 Å². The summed E-state index contributed by atoms with van der Waals surface area (Å²) in [6.45, 7) is 1.96. The molecule has 0 rings (SSSR count). The van der Waals surface area contributed by atoms with E-state index in [0.29, 0.717) is 12.8 Å². The molecule has 0 N–H and O–H groups in total. The molecule has 0 aromatic carbocycles. The van der Waals surface area contributed by atoms with Crippen LogP contribution in [0.3, 0.4) is 0 Å². The molecular formula is C16H32F6O4Si2. The lowest BCUT2D eigenvalue weighted by Crippen LogP contribution is -2.60. The summed E-state index contributed by atoms with van der Waals surface area (Å²) >= 11 is 0. The number of unbranched alkanes of at least 4 members (excludes halogenated alkanes) is 2. The average molecular weight is 459 g/mol. The number of halogens is 6. The van der Waals surface area contributed by atoms with Gasteiger partial charge in [0.15, 0.2) is 0 Å². The maximum atomic E-state index is 12.9. The fourth-order valence-electron chi connectivity index (χ4n) is 3.50. The summed E-state index contributed by atoms with van der Waals surface area (Å²) in [5.74, 6) is 0. The van der Waals surface area contributed by atoms with E-state index in [-0.39, 0.29) is 0 Å². The van der Waals surface area contributed by atoms with Crippen molar-refractivity contribution in [2.24, 2.45) is 0 Å². The van der Waals surface area contributed by atoms with Crippen LogP contribution in [-0.4, -0.2) is 57.9 Å². The van der Waals surface area contributed by atoms with Crippen LogP contribution < -0.4 is 0 Å². The number of hydrogen-bond acceptors (Lipinski definition) is 4. The molecule has 12 heteroatoms. The van der Waals surface area contributed by atoms with Crippen molar-refractivity contribution in [2.75, 3.05) is 28.4 Å². The van der Waals surface area contributed by atoms with Gasteiger partial charge in [-0.05, 0) is 18.5 Å². The molecule has 28 heavy (non-hydrogen) atoms. The van der Waals surface area contributed by atoms with Crippen molar-refractivity contribution in [3.05, 3.63) is 0 Å². The topological polar surface area (TPSA) is 36.9 Å². The average Bonchev–Trinajstić information content (AvgIpc) is 2.61. The predicted octanol–water partition coefficient (Wildman–Crippen LogP) is 5.85. The number of rotatable bonds is 14. The summed E-state index contributed by atoms with van der Waals surface area (Å²) in [6.07, 6.45) is -8.55. The third-order valence-corrected chi connectivity index (χ3v) is 15.1. The molecule has 0 bridgehead atoms. The van der Waals surface area contributed by atoms with Gasteiger partial charge >= 0.3 is 29.5 Å². The Hall–Kier alpha value is -0.146. The Labute approximate surface area is 165 Å². The van der Waals surface area contributed by atoms with E-state index in [4.69, 9.17) is 17.7 Å². The number of alkyl halides is 6. The van der Waals surface area contributed by atoms with Gasteiger partial charge < -0.3 is 17.7 Å². The van der Waals surface area contributed by atoms with Gasteiger partial charge in [-0.25, -0.2) is 0 Å². The van der Waals surface area contributed by atoms with E-state index in [0.717, 1.165) is 12.8 Å². The summed E-state index contributed by atoms with van der Waals surface area (Å²) in [6, 6.07) is -0.846. The zero-order chi connectivity index (χ0) is 22.1. The van der Waals surface area contributed by atoms with Crippen LogP contribution in [0.1, 0.15) is 45.4 Å². The Balaban J connectivity index is 6.01. The first-order chi connectivity index (χ1) is 12.8. The Kier molecular flexibility index (Phi) is 11.8. The first-order valence-electron chi connectivity index (χ1n) is 9.19. The molecule has 0 aliphatic rings. The van der Waals surface area contributed by atoms with Gasteiger partial charge in [0.2, 0.25) is 0 Å². The van der Waals surface area contributed by atoms with Gasteiger partial charge in [-0.15, -0.1) is 0 Å². The lowest BCUT2D eigenvalue weighted by molar-refractivity contribution is -0.132. The maximum Gasteiger partial charge on any atom is 0.389 e. The highest BCUT2D eigenvalue weighted by Crippen LogP contribution is 2.45. The van der Waals surface area contributed by atoms with Crippen LogP contribution in [0.25, 0.3) is 0 Å². The minimum Gasteiger partial charge on any atom is -0.397 e. The third kappa shape index (κ3) is 8.70. The van der Waals surface area contributed by atoms with E-state index in [2.05, 4.69) is 0 Å².